The summed E-state index contributed by atoms with van der Waals surface area (Å²) in [5.74, 6) is 0. The van der Waals surface area contributed by atoms with E-state index in [0.717, 1.165) is 25.9 Å². The molecule has 1 aromatic heterocycles. The van der Waals surface area contributed by atoms with Gasteiger partial charge in [-0.1, -0.05) is 6.07 Å². The van der Waals surface area contributed by atoms with Gasteiger partial charge in [-0.3, -0.25) is 0 Å². The molecule has 1 rings (SSSR count). The van der Waals surface area contributed by atoms with Crippen molar-refractivity contribution in [2.75, 3.05) is 26.8 Å². The Kier molecular flexibility index (Phi) is 7.01. The van der Waals surface area contributed by atoms with Gasteiger partial charge >= 0.3 is 0 Å². The maximum Gasteiger partial charge on any atom is 0.0626 e. The Labute approximate surface area is 101 Å². The zero-order valence-corrected chi connectivity index (χ0v) is 10.6. The number of hydrogen-bond acceptors (Lipinski definition) is 3. The molecule has 0 bridgehead atoms. The fourth-order valence-corrected chi connectivity index (χ4v) is 2.26. The van der Waals surface area contributed by atoms with E-state index in [-0.39, 0.29) is 5.38 Å². The number of halogens is 1. The lowest BCUT2D eigenvalue weighted by atomic mass is 10.3. The minimum atomic E-state index is 0.129. The summed E-state index contributed by atoms with van der Waals surface area (Å²) < 4.78 is 4.96. The number of alkyl halides is 1. The number of ether oxygens (including phenoxy) is 1. The largest absolute Gasteiger partial charge is 0.383 e. The van der Waals surface area contributed by atoms with Gasteiger partial charge in [0.1, 0.15) is 0 Å². The van der Waals surface area contributed by atoms with Gasteiger partial charge in [-0.25, -0.2) is 0 Å². The van der Waals surface area contributed by atoms with Gasteiger partial charge in [0.05, 0.1) is 12.0 Å². The smallest absolute Gasteiger partial charge is 0.0626 e. The topological polar surface area (TPSA) is 21.3 Å². The minimum absolute atomic E-state index is 0.129. The lowest BCUT2D eigenvalue weighted by Gasteiger charge is -2.08. The Morgan fingerprint density at radius 1 is 1.53 bits per heavy atom. The molecule has 0 spiro atoms. The molecule has 86 valence electrons. The summed E-state index contributed by atoms with van der Waals surface area (Å²) in [6.45, 7) is 2.62. The molecule has 1 atom stereocenters. The Bertz CT molecular complexity index is 241. The Balaban J connectivity index is 1.93. The molecule has 0 aromatic carbocycles. The summed E-state index contributed by atoms with van der Waals surface area (Å²) in [7, 11) is 1.68. The van der Waals surface area contributed by atoms with Gasteiger partial charge in [0.2, 0.25) is 0 Å². The van der Waals surface area contributed by atoms with Crippen molar-refractivity contribution in [1.29, 1.82) is 0 Å². The van der Waals surface area contributed by atoms with Crippen molar-refractivity contribution in [2.24, 2.45) is 0 Å². The molecular weight excluding hydrogens is 230 g/mol. The van der Waals surface area contributed by atoms with Gasteiger partial charge in [-0.2, -0.15) is 0 Å². The second-order valence-corrected chi connectivity index (χ2v) is 5.07. The molecule has 0 fully saturated rings. The number of nitrogens with one attached hydrogen (secondary N) is 1. The van der Waals surface area contributed by atoms with E-state index < -0.39 is 0 Å². The molecule has 0 aliphatic rings. The monoisotopic (exact) mass is 247 g/mol. The quantitative estimate of drug-likeness (QED) is 0.563. The van der Waals surface area contributed by atoms with Gasteiger partial charge in [0.15, 0.2) is 0 Å². The molecule has 1 heterocycles. The van der Waals surface area contributed by atoms with Gasteiger partial charge in [-0.05, 0) is 37.4 Å². The van der Waals surface area contributed by atoms with Gasteiger partial charge < -0.3 is 10.1 Å². The maximum atomic E-state index is 6.00. The van der Waals surface area contributed by atoms with Crippen LogP contribution in [0.3, 0.4) is 0 Å². The lowest BCUT2D eigenvalue weighted by molar-refractivity contribution is 0.195. The standard InChI is InChI=1S/C11H18ClNOS/c1-14-9-10(12)4-6-13-7-5-11-3-2-8-15-11/h2-3,8,10,13H,4-7,9H2,1H3. The molecule has 1 unspecified atom stereocenters. The van der Waals surface area contributed by atoms with Crippen LogP contribution < -0.4 is 5.32 Å². The third-order valence-electron chi connectivity index (χ3n) is 2.11. The minimum Gasteiger partial charge on any atom is -0.383 e. The van der Waals surface area contributed by atoms with Crippen LogP contribution in [-0.2, 0) is 11.2 Å². The van der Waals surface area contributed by atoms with Crippen LogP contribution >= 0.6 is 22.9 Å². The first-order chi connectivity index (χ1) is 7.33. The highest BCUT2D eigenvalue weighted by Crippen LogP contribution is 2.08. The summed E-state index contributed by atoms with van der Waals surface area (Å²) in [5, 5.41) is 5.62. The predicted molar refractivity (Wildman–Crippen MR) is 67.0 cm³/mol. The van der Waals surface area contributed by atoms with E-state index >= 15 is 0 Å². The average Bonchev–Trinajstić information content (AvgIpc) is 2.70. The fraction of sp³-hybridized carbons (Fsp3) is 0.636. The van der Waals surface area contributed by atoms with Crippen LogP contribution in [0.1, 0.15) is 11.3 Å². The number of rotatable bonds is 8. The first-order valence-corrected chi connectivity index (χ1v) is 6.50. The zero-order chi connectivity index (χ0) is 10.9. The molecule has 4 heteroatoms. The van der Waals surface area contributed by atoms with Gasteiger partial charge in [0.25, 0.3) is 0 Å². The SMILES string of the molecule is COCC(Cl)CCNCCc1cccs1. The van der Waals surface area contributed by atoms with Crippen LogP contribution in [-0.4, -0.2) is 32.2 Å². The summed E-state index contributed by atoms with van der Waals surface area (Å²) in [5.41, 5.74) is 0. The van der Waals surface area contributed by atoms with E-state index in [1.165, 1.54) is 4.88 Å². The van der Waals surface area contributed by atoms with Crippen molar-refractivity contribution in [2.45, 2.75) is 18.2 Å². The molecule has 2 nitrogen and oxygen atoms in total. The van der Waals surface area contributed by atoms with E-state index in [1.54, 1.807) is 7.11 Å². The molecule has 1 N–H and O–H groups in total. The second kappa shape index (κ2) is 8.11. The number of hydrogen-bond donors (Lipinski definition) is 1. The van der Waals surface area contributed by atoms with Crippen LogP contribution in [0.15, 0.2) is 17.5 Å². The van der Waals surface area contributed by atoms with Gasteiger partial charge in [-0.15, -0.1) is 22.9 Å². The number of methoxy groups -OCH3 is 1. The zero-order valence-electron chi connectivity index (χ0n) is 9.04. The summed E-state index contributed by atoms with van der Waals surface area (Å²) >= 11 is 7.81. The Morgan fingerprint density at radius 3 is 3.07 bits per heavy atom. The van der Waals surface area contributed by atoms with E-state index in [9.17, 15) is 0 Å². The van der Waals surface area contributed by atoms with Crippen LogP contribution in [0.2, 0.25) is 0 Å². The molecule has 0 radical (unpaired) electrons. The molecule has 0 saturated carbocycles. The van der Waals surface area contributed by atoms with Crippen molar-refractivity contribution in [3.05, 3.63) is 22.4 Å². The normalized spacial score (nSPS) is 12.9. The summed E-state index contributed by atoms with van der Waals surface area (Å²) in [4.78, 5) is 1.43. The highest BCUT2D eigenvalue weighted by molar-refractivity contribution is 7.09. The number of thiophene rings is 1. The molecular formula is C11H18ClNOS. The highest BCUT2D eigenvalue weighted by atomic mass is 35.5. The summed E-state index contributed by atoms with van der Waals surface area (Å²) in [6, 6.07) is 4.26. The van der Waals surface area contributed by atoms with Crippen molar-refractivity contribution in [3.8, 4) is 0 Å². The van der Waals surface area contributed by atoms with Crippen LogP contribution in [0, 0.1) is 0 Å². The molecule has 0 saturated heterocycles. The summed E-state index contributed by atoms with van der Waals surface area (Å²) in [6.07, 6.45) is 2.06. The molecule has 1 aromatic rings. The van der Waals surface area contributed by atoms with Gasteiger partial charge in [0, 0.05) is 12.0 Å². The lowest BCUT2D eigenvalue weighted by Crippen LogP contribution is -2.22. The van der Waals surface area contributed by atoms with Crippen molar-refractivity contribution < 1.29 is 4.74 Å². The molecule has 0 amide bonds. The third-order valence-corrected chi connectivity index (χ3v) is 3.39. The average molecular weight is 248 g/mol. The second-order valence-electron chi connectivity index (χ2n) is 3.42. The molecule has 0 aliphatic heterocycles. The first-order valence-electron chi connectivity index (χ1n) is 5.19. The Hall–Kier alpha value is -0.0900. The third kappa shape index (κ3) is 6.15. The van der Waals surface area contributed by atoms with Crippen molar-refractivity contribution in [3.63, 3.8) is 0 Å². The fourth-order valence-electron chi connectivity index (χ4n) is 1.31. The molecule has 0 aliphatic carbocycles. The highest BCUT2D eigenvalue weighted by Gasteiger charge is 2.02. The maximum absolute atomic E-state index is 6.00. The van der Waals surface area contributed by atoms with Crippen molar-refractivity contribution >= 4 is 22.9 Å². The van der Waals surface area contributed by atoms with E-state index in [0.29, 0.717) is 6.61 Å². The van der Waals surface area contributed by atoms with E-state index in [2.05, 4.69) is 22.8 Å². The van der Waals surface area contributed by atoms with E-state index in [4.69, 9.17) is 16.3 Å². The van der Waals surface area contributed by atoms with Crippen LogP contribution in [0.4, 0.5) is 0 Å². The Morgan fingerprint density at radius 2 is 2.40 bits per heavy atom. The van der Waals surface area contributed by atoms with Crippen LogP contribution in [0.25, 0.3) is 0 Å². The van der Waals surface area contributed by atoms with E-state index in [1.807, 2.05) is 11.3 Å². The first kappa shape index (κ1) is 13.0. The molecule has 15 heavy (non-hydrogen) atoms. The van der Waals surface area contributed by atoms with Crippen LogP contribution in [0.5, 0.6) is 0 Å². The predicted octanol–water partition coefficient (Wildman–Crippen LogP) is 2.52. The van der Waals surface area contributed by atoms with Crippen molar-refractivity contribution in [1.82, 2.24) is 5.32 Å².